The number of hydrogen-bond donors (Lipinski definition) is 1. The molecule has 1 atom stereocenters. The van der Waals surface area contributed by atoms with Gasteiger partial charge in [-0.2, -0.15) is 0 Å². The van der Waals surface area contributed by atoms with E-state index in [1.54, 1.807) is 14.2 Å². The maximum Gasteiger partial charge on any atom is 0.122 e. The highest BCUT2D eigenvalue weighted by atomic mass is 16.5. The highest BCUT2D eigenvalue weighted by Crippen LogP contribution is 2.33. The Bertz CT molecular complexity index is 350. The molecule has 0 aliphatic carbocycles. The quantitative estimate of drug-likeness (QED) is 0.827. The number of ether oxygens (including phenoxy) is 2. The molecule has 0 saturated heterocycles. The lowest BCUT2D eigenvalue weighted by Crippen LogP contribution is -2.15. The molecule has 2 N–H and O–H groups in total. The molecule has 0 aliphatic heterocycles. The Labute approximate surface area is 104 Å². The van der Waals surface area contributed by atoms with Crippen molar-refractivity contribution in [1.82, 2.24) is 0 Å². The zero-order valence-electron chi connectivity index (χ0n) is 11.2. The van der Waals surface area contributed by atoms with Gasteiger partial charge in [0.25, 0.3) is 0 Å². The molecule has 17 heavy (non-hydrogen) atoms. The summed E-state index contributed by atoms with van der Waals surface area (Å²) in [5.41, 5.74) is 7.01. The molecule has 0 amide bonds. The third-order valence-corrected chi connectivity index (χ3v) is 2.92. The van der Waals surface area contributed by atoms with Crippen molar-refractivity contribution in [2.75, 3.05) is 20.8 Å². The first-order chi connectivity index (χ1) is 8.12. The Morgan fingerprint density at radius 1 is 1.18 bits per heavy atom. The molecule has 0 bridgehead atoms. The second kappa shape index (κ2) is 6.50. The van der Waals surface area contributed by atoms with Crippen LogP contribution < -0.4 is 15.2 Å². The second-order valence-corrected chi connectivity index (χ2v) is 4.67. The van der Waals surface area contributed by atoms with Crippen LogP contribution in [0.5, 0.6) is 11.5 Å². The van der Waals surface area contributed by atoms with E-state index in [2.05, 4.69) is 13.8 Å². The SMILES string of the molecule is COc1ccc(OC)c(C(CN)CC(C)C)c1. The van der Waals surface area contributed by atoms with Crippen LogP contribution in [0, 0.1) is 5.92 Å². The smallest absolute Gasteiger partial charge is 0.122 e. The van der Waals surface area contributed by atoms with Crippen molar-refractivity contribution < 1.29 is 9.47 Å². The molecular formula is C14H23NO2. The number of methoxy groups -OCH3 is 2. The molecule has 1 aromatic carbocycles. The van der Waals surface area contributed by atoms with Gasteiger partial charge in [-0.05, 0) is 37.1 Å². The fraction of sp³-hybridized carbons (Fsp3) is 0.571. The summed E-state index contributed by atoms with van der Waals surface area (Å²) in [6, 6.07) is 5.88. The molecule has 1 rings (SSSR count). The van der Waals surface area contributed by atoms with Gasteiger partial charge in [-0.25, -0.2) is 0 Å². The van der Waals surface area contributed by atoms with E-state index in [9.17, 15) is 0 Å². The van der Waals surface area contributed by atoms with E-state index in [1.807, 2.05) is 18.2 Å². The van der Waals surface area contributed by atoms with Gasteiger partial charge in [0.05, 0.1) is 14.2 Å². The van der Waals surface area contributed by atoms with E-state index in [0.717, 1.165) is 23.5 Å². The molecule has 0 radical (unpaired) electrons. The Balaban J connectivity index is 3.05. The van der Waals surface area contributed by atoms with Crippen LogP contribution in [0.25, 0.3) is 0 Å². The first-order valence-corrected chi connectivity index (χ1v) is 6.04. The summed E-state index contributed by atoms with van der Waals surface area (Å²) < 4.78 is 10.7. The fourth-order valence-electron chi connectivity index (χ4n) is 2.08. The Morgan fingerprint density at radius 2 is 1.88 bits per heavy atom. The molecule has 3 nitrogen and oxygen atoms in total. The molecule has 3 heteroatoms. The van der Waals surface area contributed by atoms with Crippen LogP contribution in [0.15, 0.2) is 18.2 Å². The summed E-state index contributed by atoms with van der Waals surface area (Å²) in [4.78, 5) is 0. The van der Waals surface area contributed by atoms with Gasteiger partial charge in [0.1, 0.15) is 11.5 Å². The number of hydrogen-bond acceptors (Lipinski definition) is 3. The van der Waals surface area contributed by atoms with Gasteiger partial charge in [0, 0.05) is 11.5 Å². The van der Waals surface area contributed by atoms with Crippen molar-refractivity contribution in [2.45, 2.75) is 26.2 Å². The van der Waals surface area contributed by atoms with Crippen molar-refractivity contribution in [3.05, 3.63) is 23.8 Å². The van der Waals surface area contributed by atoms with Gasteiger partial charge in [0.2, 0.25) is 0 Å². The third-order valence-electron chi connectivity index (χ3n) is 2.92. The minimum absolute atomic E-state index is 0.319. The molecule has 0 aliphatic rings. The van der Waals surface area contributed by atoms with E-state index < -0.39 is 0 Å². The van der Waals surface area contributed by atoms with Crippen molar-refractivity contribution in [3.63, 3.8) is 0 Å². The summed E-state index contributed by atoms with van der Waals surface area (Å²) in [6.07, 6.45) is 1.06. The van der Waals surface area contributed by atoms with Crippen LogP contribution in [0.1, 0.15) is 31.7 Å². The van der Waals surface area contributed by atoms with Gasteiger partial charge in [0.15, 0.2) is 0 Å². The van der Waals surface area contributed by atoms with Gasteiger partial charge >= 0.3 is 0 Å². The number of rotatable bonds is 6. The predicted molar refractivity (Wildman–Crippen MR) is 70.8 cm³/mol. The molecule has 1 unspecified atom stereocenters. The summed E-state index contributed by atoms with van der Waals surface area (Å²) in [6.45, 7) is 5.03. The summed E-state index contributed by atoms with van der Waals surface area (Å²) in [5, 5.41) is 0. The van der Waals surface area contributed by atoms with Gasteiger partial charge in [-0.15, -0.1) is 0 Å². The Hall–Kier alpha value is -1.22. The zero-order valence-corrected chi connectivity index (χ0v) is 11.2. The largest absolute Gasteiger partial charge is 0.497 e. The van der Waals surface area contributed by atoms with Crippen LogP contribution in [-0.2, 0) is 0 Å². The van der Waals surface area contributed by atoms with Crippen LogP contribution in [0.3, 0.4) is 0 Å². The van der Waals surface area contributed by atoms with Crippen LogP contribution in [0.2, 0.25) is 0 Å². The Kier molecular flexibility index (Phi) is 5.29. The first kappa shape index (κ1) is 13.8. The molecule has 0 heterocycles. The highest BCUT2D eigenvalue weighted by molar-refractivity contribution is 5.42. The molecule has 1 aromatic rings. The average molecular weight is 237 g/mol. The summed E-state index contributed by atoms with van der Waals surface area (Å²) in [7, 11) is 3.36. The number of nitrogens with two attached hydrogens (primary N) is 1. The molecule has 96 valence electrons. The van der Waals surface area contributed by atoms with Gasteiger partial charge in [-0.3, -0.25) is 0 Å². The van der Waals surface area contributed by atoms with E-state index in [0.29, 0.717) is 18.4 Å². The topological polar surface area (TPSA) is 44.5 Å². The molecule has 0 saturated carbocycles. The second-order valence-electron chi connectivity index (χ2n) is 4.67. The van der Waals surface area contributed by atoms with E-state index in [4.69, 9.17) is 15.2 Å². The van der Waals surface area contributed by atoms with Crippen LogP contribution in [-0.4, -0.2) is 20.8 Å². The van der Waals surface area contributed by atoms with E-state index in [1.165, 1.54) is 0 Å². The van der Waals surface area contributed by atoms with Crippen molar-refractivity contribution in [3.8, 4) is 11.5 Å². The van der Waals surface area contributed by atoms with E-state index in [-0.39, 0.29) is 0 Å². The van der Waals surface area contributed by atoms with Gasteiger partial charge in [-0.1, -0.05) is 13.8 Å². The average Bonchev–Trinajstić information content (AvgIpc) is 2.34. The predicted octanol–water partition coefficient (Wildman–Crippen LogP) is 2.79. The van der Waals surface area contributed by atoms with Crippen LogP contribution in [0.4, 0.5) is 0 Å². The summed E-state index contributed by atoms with van der Waals surface area (Å²) >= 11 is 0. The van der Waals surface area contributed by atoms with Crippen molar-refractivity contribution in [1.29, 1.82) is 0 Å². The lowest BCUT2D eigenvalue weighted by Gasteiger charge is -2.20. The standard InChI is InChI=1S/C14H23NO2/c1-10(2)7-11(9-15)13-8-12(16-3)5-6-14(13)17-4/h5-6,8,10-11H,7,9,15H2,1-4H3. The molecule has 0 fully saturated rings. The molecule has 0 aromatic heterocycles. The molecule has 0 spiro atoms. The maximum atomic E-state index is 5.87. The fourth-order valence-corrected chi connectivity index (χ4v) is 2.08. The van der Waals surface area contributed by atoms with Crippen LogP contribution >= 0.6 is 0 Å². The number of benzene rings is 1. The summed E-state index contributed by atoms with van der Waals surface area (Å²) in [5.74, 6) is 2.67. The monoisotopic (exact) mass is 237 g/mol. The van der Waals surface area contributed by atoms with Crippen molar-refractivity contribution >= 4 is 0 Å². The molecular weight excluding hydrogens is 214 g/mol. The lowest BCUT2D eigenvalue weighted by molar-refractivity contribution is 0.389. The Morgan fingerprint density at radius 3 is 2.35 bits per heavy atom. The normalized spacial score (nSPS) is 12.6. The van der Waals surface area contributed by atoms with E-state index >= 15 is 0 Å². The lowest BCUT2D eigenvalue weighted by atomic mass is 9.89. The minimum atomic E-state index is 0.319. The van der Waals surface area contributed by atoms with Gasteiger partial charge < -0.3 is 15.2 Å². The maximum absolute atomic E-state index is 5.87. The first-order valence-electron chi connectivity index (χ1n) is 6.04. The zero-order chi connectivity index (χ0) is 12.8. The minimum Gasteiger partial charge on any atom is -0.497 e. The third kappa shape index (κ3) is 3.63. The van der Waals surface area contributed by atoms with Crippen molar-refractivity contribution in [2.24, 2.45) is 11.7 Å². The highest BCUT2D eigenvalue weighted by Gasteiger charge is 2.17.